The van der Waals surface area contributed by atoms with Crippen LogP contribution in [-0.2, 0) is 4.74 Å². The Balaban J connectivity index is 0. The number of amides is 1. The fraction of sp³-hybridized carbons (Fsp3) is 0.909. The maximum absolute atomic E-state index is 11.3. The highest BCUT2D eigenvalue weighted by Crippen LogP contribution is 2.07. The number of hydrogen-bond acceptors (Lipinski definition) is 5. The van der Waals surface area contributed by atoms with Crippen LogP contribution in [0.15, 0.2) is 0 Å². The molecule has 18 heavy (non-hydrogen) atoms. The molecule has 0 heterocycles. The van der Waals surface area contributed by atoms with Gasteiger partial charge in [-0.15, -0.1) is 12.4 Å². The normalized spacial score (nSPS) is 10.7. The van der Waals surface area contributed by atoms with Gasteiger partial charge in [-0.25, -0.2) is 4.79 Å². The fourth-order valence-electron chi connectivity index (χ4n) is 0.945. The maximum Gasteiger partial charge on any atom is 0.407 e. The van der Waals surface area contributed by atoms with Gasteiger partial charge in [0.25, 0.3) is 0 Å². The van der Waals surface area contributed by atoms with Gasteiger partial charge in [-0.3, -0.25) is 0 Å². The number of carbonyl (C=O) groups is 1. The van der Waals surface area contributed by atoms with E-state index in [9.17, 15) is 4.79 Å². The van der Waals surface area contributed by atoms with Gasteiger partial charge < -0.3 is 15.8 Å². The van der Waals surface area contributed by atoms with Crippen LogP contribution in [0.4, 0.5) is 4.79 Å². The largest absolute Gasteiger partial charge is 0.444 e. The van der Waals surface area contributed by atoms with Crippen molar-refractivity contribution in [2.45, 2.75) is 26.4 Å². The zero-order valence-corrected chi connectivity index (χ0v) is 13.8. The second kappa shape index (κ2) is 12.3. The van der Waals surface area contributed by atoms with E-state index in [0.29, 0.717) is 6.54 Å². The number of rotatable bonds is 8. The number of nitrogens with two attached hydrogens (primary N) is 1. The molecule has 0 radical (unpaired) electrons. The summed E-state index contributed by atoms with van der Waals surface area (Å²) in [7, 11) is 0. The molecule has 0 spiro atoms. The molecule has 0 saturated carbocycles. The lowest BCUT2D eigenvalue weighted by molar-refractivity contribution is 0.0531. The standard InChI is InChI=1S/C11H24N2O2S2.ClH/c1-11(2,3)15-10(14)13-5-7-17-9-8-16-6-4-12;/h4-9,12H2,1-3H3,(H,13,14);1H. The average molecular weight is 317 g/mol. The van der Waals surface area contributed by atoms with Crippen molar-refractivity contribution in [3.05, 3.63) is 0 Å². The molecule has 0 rings (SSSR count). The quantitative estimate of drug-likeness (QED) is 0.673. The molecule has 0 aliphatic heterocycles. The minimum absolute atomic E-state index is 0. The van der Waals surface area contributed by atoms with E-state index < -0.39 is 5.60 Å². The Kier molecular flexibility index (Phi) is 14.0. The Hall–Kier alpha value is 0.220. The predicted molar refractivity (Wildman–Crippen MR) is 85.2 cm³/mol. The van der Waals surface area contributed by atoms with Crippen LogP contribution in [0.25, 0.3) is 0 Å². The highest BCUT2D eigenvalue weighted by atomic mass is 35.5. The molecule has 4 nitrogen and oxygen atoms in total. The lowest BCUT2D eigenvalue weighted by Gasteiger charge is -2.19. The minimum atomic E-state index is -0.421. The Morgan fingerprint density at radius 2 is 1.72 bits per heavy atom. The van der Waals surface area contributed by atoms with Crippen molar-refractivity contribution in [3.63, 3.8) is 0 Å². The Morgan fingerprint density at radius 1 is 1.17 bits per heavy atom. The van der Waals surface area contributed by atoms with E-state index in [1.165, 1.54) is 0 Å². The third-order valence-electron chi connectivity index (χ3n) is 1.55. The minimum Gasteiger partial charge on any atom is -0.444 e. The van der Waals surface area contributed by atoms with E-state index in [0.717, 1.165) is 29.6 Å². The number of carbonyl (C=O) groups excluding carboxylic acids is 1. The third kappa shape index (κ3) is 16.2. The van der Waals surface area contributed by atoms with Crippen LogP contribution in [0.5, 0.6) is 0 Å². The van der Waals surface area contributed by atoms with Gasteiger partial charge in [0.15, 0.2) is 0 Å². The molecule has 3 N–H and O–H groups in total. The molecule has 1 amide bonds. The van der Waals surface area contributed by atoms with Crippen molar-refractivity contribution in [1.29, 1.82) is 0 Å². The molecule has 0 aliphatic rings. The Morgan fingerprint density at radius 3 is 2.22 bits per heavy atom. The molecule has 0 aromatic rings. The summed E-state index contributed by atoms with van der Waals surface area (Å²) in [5, 5.41) is 2.73. The summed E-state index contributed by atoms with van der Waals surface area (Å²) in [5.41, 5.74) is 4.97. The van der Waals surface area contributed by atoms with E-state index in [1.807, 2.05) is 44.3 Å². The summed E-state index contributed by atoms with van der Waals surface area (Å²) in [5.74, 6) is 4.16. The van der Waals surface area contributed by atoms with E-state index in [4.69, 9.17) is 10.5 Å². The van der Waals surface area contributed by atoms with Gasteiger partial charge >= 0.3 is 6.09 Å². The molecule has 7 heteroatoms. The number of halogens is 1. The molecule has 0 atom stereocenters. The van der Waals surface area contributed by atoms with Crippen molar-refractivity contribution in [1.82, 2.24) is 5.32 Å². The van der Waals surface area contributed by atoms with Gasteiger partial charge in [-0.1, -0.05) is 0 Å². The van der Waals surface area contributed by atoms with E-state index >= 15 is 0 Å². The van der Waals surface area contributed by atoms with Crippen LogP contribution in [0, 0.1) is 0 Å². The SMILES string of the molecule is CC(C)(C)OC(=O)NCCSCCSCCN.Cl. The highest BCUT2D eigenvalue weighted by Gasteiger charge is 2.15. The number of hydrogen-bond donors (Lipinski definition) is 2. The third-order valence-corrected chi connectivity index (χ3v) is 3.81. The first-order valence-electron chi connectivity index (χ1n) is 5.78. The predicted octanol–water partition coefficient (Wildman–Crippen LogP) is 2.36. The summed E-state index contributed by atoms with van der Waals surface area (Å²) in [6.07, 6.45) is -0.337. The van der Waals surface area contributed by atoms with E-state index in [2.05, 4.69) is 5.32 Å². The van der Waals surface area contributed by atoms with E-state index in [1.54, 1.807) is 0 Å². The highest BCUT2D eigenvalue weighted by molar-refractivity contribution is 8.02. The summed E-state index contributed by atoms with van der Waals surface area (Å²) in [6.45, 7) is 6.97. The topological polar surface area (TPSA) is 64.3 Å². The van der Waals surface area contributed by atoms with Crippen molar-refractivity contribution in [3.8, 4) is 0 Å². The summed E-state index contributed by atoms with van der Waals surface area (Å²) in [6, 6.07) is 0. The van der Waals surface area contributed by atoms with Crippen LogP contribution in [0.2, 0.25) is 0 Å². The van der Waals surface area contributed by atoms with Crippen molar-refractivity contribution in [2.24, 2.45) is 5.73 Å². The molecular formula is C11H25ClN2O2S2. The van der Waals surface area contributed by atoms with Crippen LogP contribution in [0.1, 0.15) is 20.8 Å². The maximum atomic E-state index is 11.3. The Bertz CT molecular complexity index is 214. The van der Waals surface area contributed by atoms with Gasteiger partial charge in [-0.05, 0) is 20.8 Å². The zero-order chi connectivity index (χ0) is 13.1. The van der Waals surface area contributed by atoms with Gasteiger partial charge in [0.05, 0.1) is 0 Å². The molecule has 0 saturated heterocycles. The van der Waals surface area contributed by atoms with Gasteiger partial charge in [0.2, 0.25) is 0 Å². The number of alkyl carbamates (subject to hydrolysis) is 1. The first kappa shape index (κ1) is 20.5. The fourth-order valence-corrected chi connectivity index (χ4v) is 2.71. The first-order valence-corrected chi connectivity index (χ1v) is 8.09. The zero-order valence-electron chi connectivity index (χ0n) is 11.4. The second-order valence-corrected chi connectivity index (χ2v) is 6.89. The monoisotopic (exact) mass is 316 g/mol. The van der Waals surface area contributed by atoms with Gasteiger partial charge in [-0.2, -0.15) is 23.5 Å². The number of nitrogens with one attached hydrogen (secondary N) is 1. The summed E-state index contributed by atoms with van der Waals surface area (Å²) < 4.78 is 5.12. The van der Waals surface area contributed by atoms with Crippen molar-refractivity contribution >= 4 is 42.0 Å². The number of ether oxygens (including phenoxy) is 1. The molecule has 0 aliphatic carbocycles. The van der Waals surface area contributed by atoms with Gasteiger partial charge in [0, 0.05) is 36.1 Å². The lowest BCUT2D eigenvalue weighted by atomic mass is 10.2. The first-order chi connectivity index (χ1) is 7.95. The van der Waals surface area contributed by atoms with Gasteiger partial charge in [0.1, 0.15) is 5.60 Å². The summed E-state index contributed by atoms with van der Waals surface area (Å²) >= 11 is 3.70. The van der Waals surface area contributed by atoms with Crippen LogP contribution < -0.4 is 11.1 Å². The molecule has 0 fully saturated rings. The average Bonchev–Trinajstić information content (AvgIpc) is 2.19. The smallest absolute Gasteiger partial charge is 0.407 e. The summed E-state index contributed by atoms with van der Waals surface area (Å²) in [4.78, 5) is 11.3. The molecule has 0 aromatic heterocycles. The second-order valence-electron chi connectivity index (χ2n) is 4.44. The molecule has 0 bridgehead atoms. The van der Waals surface area contributed by atoms with Crippen LogP contribution >= 0.6 is 35.9 Å². The van der Waals surface area contributed by atoms with Crippen molar-refractivity contribution in [2.75, 3.05) is 36.1 Å². The lowest BCUT2D eigenvalue weighted by Crippen LogP contribution is -2.33. The molecule has 0 unspecified atom stereocenters. The van der Waals surface area contributed by atoms with Crippen molar-refractivity contribution < 1.29 is 9.53 Å². The van der Waals surface area contributed by atoms with Crippen LogP contribution in [-0.4, -0.2) is 47.8 Å². The Labute approximate surface area is 125 Å². The van der Waals surface area contributed by atoms with E-state index in [-0.39, 0.29) is 18.5 Å². The molecule has 110 valence electrons. The van der Waals surface area contributed by atoms with Crippen LogP contribution in [0.3, 0.4) is 0 Å². The molecular weight excluding hydrogens is 292 g/mol. The number of thioether (sulfide) groups is 2. The molecule has 0 aromatic carbocycles.